The number of nitrogens with two attached hydrogens (primary N) is 1. The first-order valence-corrected chi connectivity index (χ1v) is 7.38. The minimum absolute atomic E-state index is 0. The molecule has 2 N–H and O–H groups in total. The van der Waals surface area contributed by atoms with Crippen molar-refractivity contribution in [1.82, 2.24) is 0 Å². The maximum atomic E-state index is 6.27. The first-order chi connectivity index (χ1) is 9.83. The number of hydrogen-bond donors (Lipinski definition) is 1. The highest BCUT2D eigenvalue weighted by Crippen LogP contribution is 2.27. The molecule has 0 saturated heterocycles. The lowest BCUT2D eigenvalue weighted by molar-refractivity contribution is 0.481. The molecule has 108 valence electrons. The van der Waals surface area contributed by atoms with Crippen molar-refractivity contribution in [2.75, 3.05) is 0 Å². The van der Waals surface area contributed by atoms with E-state index in [1.54, 1.807) is 11.3 Å². The van der Waals surface area contributed by atoms with Gasteiger partial charge in [-0.15, -0.1) is 12.4 Å². The molecule has 0 radical (unpaired) electrons. The van der Waals surface area contributed by atoms with E-state index >= 15 is 0 Å². The van der Waals surface area contributed by atoms with E-state index in [2.05, 4.69) is 11.4 Å². The Bertz CT molecular complexity index is 670. The quantitative estimate of drug-likeness (QED) is 0.734. The van der Waals surface area contributed by atoms with E-state index in [9.17, 15) is 0 Å². The number of hydrogen-bond acceptors (Lipinski definition) is 3. The van der Waals surface area contributed by atoms with Crippen molar-refractivity contribution < 1.29 is 4.74 Å². The van der Waals surface area contributed by atoms with E-state index in [-0.39, 0.29) is 18.4 Å². The summed E-state index contributed by atoms with van der Waals surface area (Å²) < 4.78 is 5.83. The second-order valence-corrected chi connectivity index (χ2v) is 5.30. The molecule has 0 unspecified atom stereocenters. The zero-order chi connectivity index (χ0) is 13.8. The van der Waals surface area contributed by atoms with Crippen molar-refractivity contribution in [3.63, 3.8) is 0 Å². The molecule has 0 aliphatic rings. The smallest absolute Gasteiger partial charge is 0.127 e. The van der Waals surface area contributed by atoms with Crippen LogP contribution in [0.1, 0.15) is 17.2 Å². The van der Waals surface area contributed by atoms with Gasteiger partial charge in [-0.2, -0.15) is 11.3 Å². The van der Waals surface area contributed by atoms with Crippen LogP contribution in [0.15, 0.2) is 71.4 Å². The number of rotatable bonds is 4. The molecule has 3 aromatic rings. The molecule has 0 spiro atoms. The van der Waals surface area contributed by atoms with E-state index in [1.807, 2.05) is 60.0 Å². The second-order valence-electron chi connectivity index (χ2n) is 4.52. The molecule has 2 nitrogen and oxygen atoms in total. The van der Waals surface area contributed by atoms with Gasteiger partial charge in [0, 0.05) is 0 Å². The maximum absolute atomic E-state index is 6.27. The summed E-state index contributed by atoms with van der Waals surface area (Å²) in [5.41, 5.74) is 8.46. The number of benzene rings is 2. The first kappa shape index (κ1) is 15.6. The molecular weight excluding hydrogens is 302 g/mol. The van der Waals surface area contributed by atoms with Crippen molar-refractivity contribution in [3.8, 4) is 11.5 Å². The summed E-state index contributed by atoms with van der Waals surface area (Å²) in [5.74, 6) is 1.63. The Morgan fingerprint density at radius 3 is 2.33 bits per heavy atom. The summed E-state index contributed by atoms with van der Waals surface area (Å²) in [6.07, 6.45) is 0. The highest BCUT2D eigenvalue weighted by Gasteiger charge is 2.10. The van der Waals surface area contributed by atoms with Crippen molar-refractivity contribution in [2.45, 2.75) is 6.04 Å². The van der Waals surface area contributed by atoms with Crippen LogP contribution in [0.3, 0.4) is 0 Å². The van der Waals surface area contributed by atoms with Crippen LogP contribution in [0.5, 0.6) is 11.5 Å². The second kappa shape index (κ2) is 7.27. The van der Waals surface area contributed by atoms with Crippen LogP contribution < -0.4 is 10.5 Å². The van der Waals surface area contributed by atoms with Gasteiger partial charge in [-0.25, -0.2) is 0 Å². The van der Waals surface area contributed by atoms with Crippen LogP contribution in [0, 0.1) is 0 Å². The standard InChI is InChI=1S/C17H15NOS.ClH/c18-17(14-9-10-20-12-14)13-5-4-8-16(11-13)19-15-6-2-1-3-7-15;/h1-12,17H,18H2;1H/t17-;/m1./s1. The van der Waals surface area contributed by atoms with Crippen molar-refractivity contribution in [1.29, 1.82) is 0 Å². The topological polar surface area (TPSA) is 35.2 Å². The molecule has 3 rings (SSSR count). The lowest BCUT2D eigenvalue weighted by Crippen LogP contribution is -2.10. The van der Waals surface area contributed by atoms with Crippen LogP contribution in [0.2, 0.25) is 0 Å². The summed E-state index contributed by atoms with van der Waals surface area (Å²) in [4.78, 5) is 0. The highest BCUT2D eigenvalue weighted by atomic mass is 35.5. The Morgan fingerprint density at radius 1 is 0.857 bits per heavy atom. The van der Waals surface area contributed by atoms with Crippen LogP contribution in [-0.4, -0.2) is 0 Å². The average Bonchev–Trinajstić information content (AvgIpc) is 3.02. The van der Waals surface area contributed by atoms with Gasteiger partial charge in [0.2, 0.25) is 0 Å². The lowest BCUT2D eigenvalue weighted by atomic mass is 10.0. The minimum atomic E-state index is -0.111. The van der Waals surface area contributed by atoms with Gasteiger partial charge in [0.1, 0.15) is 11.5 Å². The predicted octanol–water partition coefficient (Wildman–Crippen LogP) is 5.01. The van der Waals surface area contributed by atoms with Gasteiger partial charge in [0.05, 0.1) is 6.04 Å². The molecule has 1 heterocycles. The summed E-state index contributed by atoms with van der Waals surface area (Å²) in [5, 5.41) is 4.12. The van der Waals surface area contributed by atoms with Crippen LogP contribution in [0.25, 0.3) is 0 Å². The first-order valence-electron chi connectivity index (χ1n) is 6.43. The Kier molecular flexibility index (Phi) is 5.39. The van der Waals surface area contributed by atoms with E-state index in [4.69, 9.17) is 10.5 Å². The average molecular weight is 318 g/mol. The predicted molar refractivity (Wildman–Crippen MR) is 90.6 cm³/mol. The molecule has 0 saturated carbocycles. The summed E-state index contributed by atoms with van der Waals surface area (Å²) in [6, 6.07) is 19.6. The molecule has 0 aliphatic carbocycles. The molecule has 21 heavy (non-hydrogen) atoms. The van der Waals surface area contributed by atoms with Gasteiger partial charge in [-0.1, -0.05) is 30.3 Å². The third-order valence-electron chi connectivity index (χ3n) is 3.10. The molecule has 0 amide bonds. The van der Waals surface area contributed by atoms with Crippen LogP contribution in [0.4, 0.5) is 0 Å². The molecule has 2 aromatic carbocycles. The SMILES string of the molecule is Cl.N[C@@H](c1ccsc1)c1cccc(Oc2ccccc2)c1. The summed E-state index contributed by atoms with van der Waals surface area (Å²) in [6.45, 7) is 0. The number of halogens is 1. The third kappa shape index (κ3) is 3.85. The lowest BCUT2D eigenvalue weighted by Gasteiger charge is -2.12. The molecule has 0 aliphatic heterocycles. The van der Waals surface area contributed by atoms with Gasteiger partial charge in [-0.05, 0) is 52.2 Å². The monoisotopic (exact) mass is 317 g/mol. The Balaban J connectivity index is 0.00000161. The number of para-hydroxylation sites is 1. The number of thiophene rings is 1. The maximum Gasteiger partial charge on any atom is 0.127 e. The van der Waals surface area contributed by atoms with E-state index in [1.165, 1.54) is 0 Å². The molecule has 1 atom stereocenters. The Hall–Kier alpha value is -1.81. The van der Waals surface area contributed by atoms with Gasteiger partial charge in [0.15, 0.2) is 0 Å². The van der Waals surface area contributed by atoms with E-state index in [0.29, 0.717) is 0 Å². The minimum Gasteiger partial charge on any atom is -0.457 e. The van der Waals surface area contributed by atoms with Gasteiger partial charge in [-0.3, -0.25) is 0 Å². The van der Waals surface area contributed by atoms with Crippen LogP contribution >= 0.6 is 23.7 Å². The third-order valence-corrected chi connectivity index (χ3v) is 3.80. The molecular formula is C17H16ClNOS. The molecule has 0 fully saturated rings. The van der Waals surface area contributed by atoms with Gasteiger partial charge < -0.3 is 10.5 Å². The Morgan fingerprint density at radius 2 is 1.62 bits per heavy atom. The van der Waals surface area contributed by atoms with Crippen molar-refractivity contribution in [3.05, 3.63) is 82.6 Å². The number of ether oxygens (including phenoxy) is 1. The zero-order valence-electron chi connectivity index (χ0n) is 11.3. The highest BCUT2D eigenvalue weighted by molar-refractivity contribution is 7.08. The zero-order valence-corrected chi connectivity index (χ0v) is 12.9. The fourth-order valence-corrected chi connectivity index (χ4v) is 2.74. The summed E-state index contributed by atoms with van der Waals surface area (Å²) >= 11 is 1.66. The van der Waals surface area contributed by atoms with Gasteiger partial charge in [0.25, 0.3) is 0 Å². The largest absolute Gasteiger partial charge is 0.457 e. The molecule has 0 bridgehead atoms. The van der Waals surface area contributed by atoms with E-state index in [0.717, 1.165) is 22.6 Å². The van der Waals surface area contributed by atoms with Gasteiger partial charge >= 0.3 is 0 Å². The van der Waals surface area contributed by atoms with Crippen molar-refractivity contribution >= 4 is 23.7 Å². The normalized spacial score (nSPS) is 11.5. The fourth-order valence-electron chi connectivity index (χ4n) is 2.04. The fraction of sp³-hybridized carbons (Fsp3) is 0.0588. The molecule has 1 aromatic heterocycles. The summed E-state index contributed by atoms with van der Waals surface area (Å²) in [7, 11) is 0. The van der Waals surface area contributed by atoms with E-state index < -0.39 is 0 Å². The molecule has 4 heteroatoms. The van der Waals surface area contributed by atoms with Crippen LogP contribution in [-0.2, 0) is 0 Å². The Labute approximate surface area is 134 Å². The van der Waals surface area contributed by atoms with Crippen molar-refractivity contribution in [2.24, 2.45) is 5.73 Å².